The number of amides is 1. The van der Waals surface area contributed by atoms with Gasteiger partial charge < -0.3 is 9.73 Å². The van der Waals surface area contributed by atoms with Crippen LogP contribution in [0.15, 0.2) is 53.1 Å². The van der Waals surface area contributed by atoms with E-state index in [-0.39, 0.29) is 41.8 Å². The van der Waals surface area contributed by atoms with Gasteiger partial charge in [0, 0.05) is 19.4 Å². The summed E-state index contributed by atoms with van der Waals surface area (Å²) < 4.78 is 45.7. The number of aryl methyl sites for hydroxylation is 1. The lowest BCUT2D eigenvalue weighted by molar-refractivity contribution is -0.121. The van der Waals surface area contributed by atoms with Crippen LogP contribution in [0.3, 0.4) is 0 Å². The highest BCUT2D eigenvalue weighted by molar-refractivity contribution is 5.76. The first-order chi connectivity index (χ1) is 13.0. The quantitative estimate of drug-likeness (QED) is 0.679. The SMILES string of the molecule is O=C(CCc1ncc(-c2c(F)cccc2F)o1)NCCc1ccc(F)cc1. The molecule has 0 bridgehead atoms. The highest BCUT2D eigenvalue weighted by Crippen LogP contribution is 2.26. The minimum atomic E-state index is -0.740. The van der Waals surface area contributed by atoms with Gasteiger partial charge in [-0.3, -0.25) is 4.79 Å². The van der Waals surface area contributed by atoms with Crippen molar-refractivity contribution < 1.29 is 22.4 Å². The summed E-state index contributed by atoms with van der Waals surface area (Å²) in [4.78, 5) is 15.9. The highest BCUT2D eigenvalue weighted by atomic mass is 19.1. The maximum absolute atomic E-state index is 13.7. The first-order valence-corrected chi connectivity index (χ1v) is 8.43. The van der Waals surface area contributed by atoms with Gasteiger partial charge >= 0.3 is 0 Å². The van der Waals surface area contributed by atoms with Crippen LogP contribution in [0.2, 0.25) is 0 Å². The molecule has 0 fully saturated rings. The Kier molecular flexibility index (Phi) is 5.90. The van der Waals surface area contributed by atoms with E-state index in [0.29, 0.717) is 13.0 Å². The molecule has 3 rings (SSSR count). The van der Waals surface area contributed by atoms with E-state index in [1.54, 1.807) is 12.1 Å². The molecule has 140 valence electrons. The van der Waals surface area contributed by atoms with Gasteiger partial charge in [-0.15, -0.1) is 0 Å². The molecule has 0 atom stereocenters. The van der Waals surface area contributed by atoms with Gasteiger partial charge in [-0.2, -0.15) is 0 Å². The summed E-state index contributed by atoms with van der Waals surface area (Å²) >= 11 is 0. The first-order valence-electron chi connectivity index (χ1n) is 8.43. The van der Waals surface area contributed by atoms with Gasteiger partial charge in [-0.1, -0.05) is 18.2 Å². The lowest BCUT2D eigenvalue weighted by atomic mass is 10.1. The van der Waals surface area contributed by atoms with Crippen LogP contribution in [0.1, 0.15) is 17.9 Å². The Bertz CT molecular complexity index is 903. The maximum atomic E-state index is 13.7. The topological polar surface area (TPSA) is 55.1 Å². The van der Waals surface area contributed by atoms with Crippen LogP contribution in [0.25, 0.3) is 11.3 Å². The van der Waals surface area contributed by atoms with Crippen molar-refractivity contribution in [2.75, 3.05) is 6.54 Å². The van der Waals surface area contributed by atoms with Crippen LogP contribution in [-0.4, -0.2) is 17.4 Å². The van der Waals surface area contributed by atoms with Crippen LogP contribution in [0, 0.1) is 17.5 Å². The number of halogens is 3. The monoisotopic (exact) mass is 374 g/mol. The molecule has 2 aromatic carbocycles. The molecule has 0 spiro atoms. The fraction of sp³-hybridized carbons (Fsp3) is 0.200. The minimum absolute atomic E-state index is 0.0164. The van der Waals surface area contributed by atoms with E-state index in [2.05, 4.69) is 10.3 Å². The number of nitrogens with zero attached hydrogens (tertiary/aromatic N) is 1. The van der Waals surface area contributed by atoms with Crippen molar-refractivity contribution in [1.29, 1.82) is 0 Å². The van der Waals surface area contributed by atoms with Crippen LogP contribution in [0.5, 0.6) is 0 Å². The minimum Gasteiger partial charge on any atom is -0.441 e. The van der Waals surface area contributed by atoms with Gasteiger partial charge in [0.1, 0.15) is 17.5 Å². The lowest BCUT2D eigenvalue weighted by Crippen LogP contribution is -2.25. The van der Waals surface area contributed by atoms with Crippen LogP contribution >= 0.6 is 0 Å². The Hall–Kier alpha value is -3.09. The average Bonchev–Trinajstić information content (AvgIpc) is 3.10. The van der Waals surface area contributed by atoms with Crippen molar-refractivity contribution in [1.82, 2.24) is 10.3 Å². The summed E-state index contributed by atoms with van der Waals surface area (Å²) in [5.41, 5.74) is 0.640. The molecule has 27 heavy (non-hydrogen) atoms. The van der Waals surface area contributed by atoms with Crippen LogP contribution in [-0.2, 0) is 17.6 Å². The van der Waals surface area contributed by atoms with Crippen molar-refractivity contribution >= 4 is 5.91 Å². The van der Waals surface area contributed by atoms with E-state index < -0.39 is 11.6 Å². The number of rotatable bonds is 7. The highest BCUT2D eigenvalue weighted by Gasteiger charge is 2.16. The second kappa shape index (κ2) is 8.53. The molecule has 3 aromatic rings. The Morgan fingerprint density at radius 1 is 1.00 bits per heavy atom. The zero-order chi connectivity index (χ0) is 19.2. The molecule has 0 aliphatic heterocycles. The predicted molar refractivity (Wildman–Crippen MR) is 93.3 cm³/mol. The number of hydrogen-bond donors (Lipinski definition) is 1. The number of oxazole rings is 1. The molecule has 1 N–H and O–H groups in total. The summed E-state index contributed by atoms with van der Waals surface area (Å²) in [5, 5.41) is 2.75. The second-order valence-corrected chi connectivity index (χ2v) is 5.94. The molecule has 7 heteroatoms. The zero-order valence-electron chi connectivity index (χ0n) is 14.3. The van der Waals surface area contributed by atoms with E-state index in [9.17, 15) is 18.0 Å². The molecule has 0 aliphatic rings. The van der Waals surface area contributed by atoms with Crippen molar-refractivity contribution in [3.63, 3.8) is 0 Å². The Morgan fingerprint density at radius 2 is 1.70 bits per heavy atom. The zero-order valence-corrected chi connectivity index (χ0v) is 14.3. The smallest absolute Gasteiger partial charge is 0.220 e. The normalized spacial score (nSPS) is 10.8. The predicted octanol–water partition coefficient (Wildman–Crippen LogP) is 4.05. The summed E-state index contributed by atoms with van der Waals surface area (Å²) in [5.74, 6) is -1.77. The van der Waals surface area contributed by atoms with Gasteiger partial charge in [0.2, 0.25) is 5.91 Å². The molecule has 0 saturated heterocycles. The number of aromatic nitrogens is 1. The molecule has 1 amide bonds. The van der Waals surface area contributed by atoms with Gasteiger partial charge in [0.25, 0.3) is 0 Å². The van der Waals surface area contributed by atoms with Gasteiger partial charge in [0.15, 0.2) is 11.7 Å². The van der Waals surface area contributed by atoms with Crippen LogP contribution in [0.4, 0.5) is 13.2 Å². The fourth-order valence-electron chi connectivity index (χ4n) is 2.58. The van der Waals surface area contributed by atoms with Crippen molar-refractivity contribution in [3.05, 3.63) is 77.6 Å². The third-order valence-electron chi connectivity index (χ3n) is 3.98. The van der Waals surface area contributed by atoms with Crippen molar-refractivity contribution in [2.24, 2.45) is 0 Å². The number of benzene rings is 2. The van der Waals surface area contributed by atoms with E-state index in [1.165, 1.54) is 24.4 Å². The second-order valence-electron chi connectivity index (χ2n) is 5.94. The van der Waals surface area contributed by atoms with Crippen molar-refractivity contribution in [3.8, 4) is 11.3 Å². The third-order valence-corrected chi connectivity index (χ3v) is 3.98. The first kappa shape index (κ1) is 18.7. The largest absolute Gasteiger partial charge is 0.441 e. The van der Waals surface area contributed by atoms with E-state index in [0.717, 1.165) is 17.7 Å². The van der Waals surface area contributed by atoms with E-state index in [4.69, 9.17) is 4.42 Å². The summed E-state index contributed by atoms with van der Waals surface area (Å²) in [7, 11) is 0. The maximum Gasteiger partial charge on any atom is 0.220 e. The number of nitrogens with one attached hydrogen (secondary N) is 1. The van der Waals surface area contributed by atoms with Crippen molar-refractivity contribution in [2.45, 2.75) is 19.3 Å². The lowest BCUT2D eigenvalue weighted by Gasteiger charge is -2.04. The number of carbonyl (C=O) groups is 1. The molecule has 4 nitrogen and oxygen atoms in total. The molecule has 0 unspecified atom stereocenters. The summed E-state index contributed by atoms with van der Waals surface area (Å²) in [6.45, 7) is 0.418. The van der Waals surface area contributed by atoms with E-state index >= 15 is 0 Å². The number of hydrogen-bond acceptors (Lipinski definition) is 3. The van der Waals surface area contributed by atoms with Gasteiger partial charge in [-0.05, 0) is 36.2 Å². The molecule has 1 heterocycles. The Morgan fingerprint density at radius 3 is 2.41 bits per heavy atom. The summed E-state index contributed by atoms with van der Waals surface area (Å²) in [6.07, 6.45) is 2.16. The number of carbonyl (C=O) groups excluding carboxylic acids is 1. The Balaban J connectivity index is 1.48. The standard InChI is InChI=1S/C20H17F3N2O2/c21-14-6-4-13(5-7-14)10-11-24-18(26)8-9-19-25-12-17(27-19)20-15(22)2-1-3-16(20)23/h1-7,12H,8-11H2,(H,24,26). The summed E-state index contributed by atoms with van der Waals surface area (Å²) in [6, 6.07) is 9.60. The molecule has 1 aromatic heterocycles. The van der Waals surface area contributed by atoms with E-state index in [1.807, 2.05) is 0 Å². The van der Waals surface area contributed by atoms with Gasteiger partial charge in [0.05, 0.1) is 11.8 Å². The third kappa shape index (κ3) is 4.97. The molecule has 0 radical (unpaired) electrons. The molecular formula is C20H17F3N2O2. The Labute approximate surface area is 154 Å². The average molecular weight is 374 g/mol. The van der Waals surface area contributed by atoms with Gasteiger partial charge in [-0.25, -0.2) is 18.2 Å². The molecule has 0 saturated carbocycles. The molecular weight excluding hydrogens is 357 g/mol. The van der Waals surface area contributed by atoms with Crippen LogP contribution < -0.4 is 5.32 Å². The molecule has 0 aliphatic carbocycles. The fourth-order valence-corrected chi connectivity index (χ4v) is 2.58.